The van der Waals surface area contributed by atoms with E-state index in [1.165, 1.54) is 28.4 Å². The van der Waals surface area contributed by atoms with Crippen LogP contribution in [0.5, 0.6) is 5.75 Å². The van der Waals surface area contributed by atoms with Gasteiger partial charge in [0.15, 0.2) is 15.0 Å². The summed E-state index contributed by atoms with van der Waals surface area (Å²) < 4.78 is 30.4. The number of sulfone groups is 1. The van der Waals surface area contributed by atoms with Crippen LogP contribution in [-0.2, 0) is 16.4 Å². The lowest BCUT2D eigenvalue weighted by molar-refractivity contribution is 0.0984. The largest absolute Gasteiger partial charge is 0.494 e. The minimum atomic E-state index is -3.45. The van der Waals surface area contributed by atoms with Gasteiger partial charge in [-0.2, -0.15) is 0 Å². The first kappa shape index (κ1) is 21.9. The Morgan fingerprint density at radius 1 is 1.09 bits per heavy atom. The molecule has 0 saturated heterocycles. The van der Waals surface area contributed by atoms with E-state index in [1.807, 2.05) is 37.3 Å². The summed E-state index contributed by atoms with van der Waals surface area (Å²) in [6, 6.07) is 17.1. The van der Waals surface area contributed by atoms with E-state index in [2.05, 4.69) is 9.97 Å². The number of fused-ring (bicyclic) bond motifs is 1. The Hall–Kier alpha value is -3.30. The van der Waals surface area contributed by atoms with Crippen molar-refractivity contribution in [2.75, 3.05) is 17.8 Å². The fourth-order valence-corrected chi connectivity index (χ4v) is 4.82. The normalized spacial score (nSPS) is 11.4. The molecule has 0 fully saturated rings. The quantitative estimate of drug-likeness (QED) is 0.402. The molecule has 2 aromatic heterocycles. The van der Waals surface area contributed by atoms with Crippen molar-refractivity contribution in [3.8, 4) is 5.75 Å². The third kappa shape index (κ3) is 4.79. The molecule has 0 N–H and O–H groups in total. The van der Waals surface area contributed by atoms with Gasteiger partial charge in [0.2, 0.25) is 0 Å². The number of aromatic nitrogens is 2. The predicted octanol–water partition coefficient (Wildman–Crippen LogP) is 4.34. The summed E-state index contributed by atoms with van der Waals surface area (Å²) in [5, 5.41) is 0.495. The SMILES string of the molecule is CCOc1ccc2nc(N(Cc3ccccn3)C(=O)c3cccc(S(C)(=O)=O)c3)sc2c1. The molecule has 0 saturated carbocycles. The highest BCUT2D eigenvalue weighted by Crippen LogP contribution is 2.33. The summed E-state index contributed by atoms with van der Waals surface area (Å²) in [4.78, 5) is 24.1. The highest BCUT2D eigenvalue weighted by atomic mass is 32.2. The molecule has 0 radical (unpaired) electrons. The molecular weight excluding hydrogens is 446 g/mol. The van der Waals surface area contributed by atoms with Gasteiger partial charge in [-0.05, 0) is 55.5 Å². The topological polar surface area (TPSA) is 89.5 Å². The number of hydrogen-bond acceptors (Lipinski definition) is 7. The fraction of sp³-hybridized carbons (Fsp3) is 0.174. The molecule has 164 valence electrons. The van der Waals surface area contributed by atoms with Crippen molar-refractivity contribution in [2.24, 2.45) is 0 Å². The highest BCUT2D eigenvalue weighted by Gasteiger charge is 2.23. The van der Waals surface area contributed by atoms with Crippen LogP contribution in [0.1, 0.15) is 23.0 Å². The van der Waals surface area contributed by atoms with Crippen LogP contribution in [-0.4, -0.2) is 37.2 Å². The number of ether oxygens (including phenoxy) is 1. The summed E-state index contributed by atoms with van der Waals surface area (Å²) in [5.41, 5.74) is 1.70. The summed E-state index contributed by atoms with van der Waals surface area (Å²) in [6.07, 6.45) is 2.78. The van der Waals surface area contributed by atoms with Crippen LogP contribution in [0.3, 0.4) is 0 Å². The third-order valence-corrected chi connectivity index (χ3v) is 6.84. The van der Waals surface area contributed by atoms with Gasteiger partial charge >= 0.3 is 0 Å². The second kappa shape index (κ2) is 9.05. The first-order chi connectivity index (χ1) is 15.3. The van der Waals surface area contributed by atoms with E-state index in [-0.39, 0.29) is 22.9 Å². The number of hydrogen-bond donors (Lipinski definition) is 0. The van der Waals surface area contributed by atoms with E-state index < -0.39 is 9.84 Å². The first-order valence-corrected chi connectivity index (χ1v) is 12.6. The van der Waals surface area contributed by atoms with Gasteiger partial charge in [0.25, 0.3) is 5.91 Å². The van der Waals surface area contributed by atoms with Crippen LogP contribution < -0.4 is 9.64 Å². The Balaban J connectivity index is 1.77. The van der Waals surface area contributed by atoms with Gasteiger partial charge in [0.1, 0.15) is 5.75 Å². The molecule has 1 amide bonds. The molecule has 0 aliphatic carbocycles. The van der Waals surface area contributed by atoms with E-state index >= 15 is 0 Å². The summed E-state index contributed by atoms with van der Waals surface area (Å²) in [7, 11) is -3.45. The molecule has 4 aromatic rings. The van der Waals surface area contributed by atoms with Gasteiger partial charge in [-0.1, -0.05) is 23.5 Å². The highest BCUT2D eigenvalue weighted by molar-refractivity contribution is 7.90. The van der Waals surface area contributed by atoms with Crippen molar-refractivity contribution in [3.63, 3.8) is 0 Å². The molecule has 7 nitrogen and oxygen atoms in total. The fourth-order valence-electron chi connectivity index (χ4n) is 3.16. The zero-order valence-corrected chi connectivity index (χ0v) is 19.2. The molecule has 0 bridgehead atoms. The Morgan fingerprint density at radius 3 is 2.66 bits per heavy atom. The van der Waals surface area contributed by atoms with Crippen LogP contribution in [0.25, 0.3) is 10.2 Å². The van der Waals surface area contributed by atoms with E-state index in [4.69, 9.17) is 4.74 Å². The summed E-state index contributed by atoms with van der Waals surface area (Å²) >= 11 is 1.37. The third-order valence-electron chi connectivity index (χ3n) is 4.69. The van der Waals surface area contributed by atoms with Crippen molar-refractivity contribution < 1.29 is 17.9 Å². The number of nitrogens with zero attached hydrogens (tertiary/aromatic N) is 3. The maximum atomic E-state index is 13.5. The second-order valence-electron chi connectivity index (χ2n) is 7.07. The molecule has 0 unspecified atom stereocenters. The van der Waals surface area contributed by atoms with Crippen molar-refractivity contribution in [3.05, 3.63) is 78.1 Å². The van der Waals surface area contributed by atoms with Gasteiger partial charge < -0.3 is 4.74 Å². The maximum absolute atomic E-state index is 13.5. The van der Waals surface area contributed by atoms with Crippen LogP contribution in [0, 0.1) is 0 Å². The van der Waals surface area contributed by atoms with E-state index in [1.54, 1.807) is 24.4 Å². The van der Waals surface area contributed by atoms with Crippen LogP contribution in [0.4, 0.5) is 5.13 Å². The average molecular weight is 468 g/mol. The Morgan fingerprint density at radius 2 is 1.94 bits per heavy atom. The number of carbonyl (C=O) groups excluding carboxylic acids is 1. The summed E-state index contributed by atoms with van der Waals surface area (Å²) in [6.45, 7) is 2.67. The van der Waals surface area contributed by atoms with E-state index in [0.717, 1.165) is 22.2 Å². The number of thiazole rings is 1. The molecule has 0 aliphatic heterocycles. The lowest BCUT2D eigenvalue weighted by atomic mass is 10.2. The molecule has 0 aliphatic rings. The minimum Gasteiger partial charge on any atom is -0.494 e. The number of anilines is 1. The molecule has 2 heterocycles. The van der Waals surface area contributed by atoms with Crippen LogP contribution in [0.2, 0.25) is 0 Å². The number of rotatable bonds is 7. The first-order valence-electron chi connectivity index (χ1n) is 9.90. The second-order valence-corrected chi connectivity index (χ2v) is 10.1. The van der Waals surface area contributed by atoms with Gasteiger partial charge in [0, 0.05) is 18.0 Å². The monoisotopic (exact) mass is 467 g/mol. The zero-order valence-electron chi connectivity index (χ0n) is 17.6. The van der Waals surface area contributed by atoms with E-state index in [9.17, 15) is 13.2 Å². The molecule has 0 spiro atoms. The molecule has 0 atom stereocenters. The number of amides is 1. The average Bonchev–Trinajstić information content (AvgIpc) is 3.20. The van der Waals surface area contributed by atoms with Crippen LogP contribution >= 0.6 is 11.3 Å². The minimum absolute atomic E-state index is 0.0896. The van der Waals surface area contributed by atoms with E-state index in [0.29, 0.717) is 17.4 Å². The number of carbonyl (C=O) groups is 1. The number of benzene rings is 2. The van der Waals surface area contributed by atoms with Crippen molar-refractivity contribution in [1.82, 2.24) is 9.97 Å². The van der Waals surface area contributed by atoms with Crippen LogP contribution in [0.15, 0.2) is 71.8 Å². The molecule has 9 heteroatoms. The lowest BCUT2D eigenvalue weighted by Crippen LogP contribution is -2.30. The predicted molar refractivity (Wildman–Crippen MR) is 125 cm³/mol. The Kier molecular flexibility index (Phi) is 6.20. The Bertz CT molecular complexity index is 1370. The Labute approximate surface area is 190 Å². The lowest BCUT2D eigenvalue weighted by Gasteiger charge is -2.20. The van der Waals surface area contributed by atoms with Gasteiger partial charge in [-0.25, -0.2) is 13.4 Å². The van der Waals surface area contributed by atoms with Gasteiger partial charge in [-0.15, -0.1) is 0 Å². The maximum Gasteiger partial charge on any atom is 0.260 e. The molecule has 4 rings (SSSR count). The standard InChI is InChI=1S/C23H21N3O4S2/c1-3-30-18-10-11-20-21(14-18)31-23(25-20)26(15-17-8-4-5-12-24-17)22(27)16-7-6-9-19(13-16)32(2,28)29/h4-14H,3,15H2,1-2H3. The molecule has 2 aromatic carbocycles. The van der Waals surface area contributed by atoms with Crippen molar-refractivity contribution in [2.45, 2.75) is 18.4 Å². The van der Waals surface area contributed by atoms with Crippen molar-refractivity contribution >= 4 is 42.4 Å². The van der Waals surface area contributed by atoms with Gasteiger partial charge in [0.05, 0.1) is 34.0 Å². The number of pyridine rings is 1. The summed E-state index contributed by atoms with van der Waals surface area (Å²) in [5.74, 6) is 0.379. The van der Waals surface area contributed by atoms with Gasteiger partial charge in [-0.3, -0.25) is 14.7 Å². The molecular formula is C23H21N3O4S2. The molecule has 32 heavy (non-hydrogen) atoms. The zero-order chi connectivity index (χ0) is 22.7. The van der Waals surface area contributed by atoms with Crippen molar-refractivity contribution in [1.29, 1.82) is 0 Å². The smallest absolute Gasteiger partial charge is 0.260 e.